The molecule has 0 aliphatic heterocycles. The number of Topliss-reactive ketones (excluding diaryl/α,β-unsaturated/α-hetero) is 1. The largest absolute Gasteiger partial charge is 0.326 e. The topological polar surface area (TPSA) is 92.3 Å². The van der Waals surface area contributed by atoms with Gasteiger partial charge in [0.05, 0.1) is 16.8 Å². The lowest BCUT2D eigenvalue weighted by Crippen LogP contribution is -2.14. The lowest BCUT2D eigenvalue weighted by atomic mass is 10.1. The van der Waals surface area contributed by atoms with Gasteiger partial charge in [-0.15, -0.1) is 11.3 Å². The maximum absolute atomic E-state index is 12.0. The zero-order chi connectivity index (χ0) is 17.7. The molecule has 1 aromatic carbocycles. The Morgan fingerprint density at radius 1 is 1.17 bits per heavy atom. The second-order valence-electron chi connectivity index (χ2n) is 5.35. The number of ketones is 1. The van der Waals surface area contributed by atoms with Crippen LogP contribution in [-0.4, -0.2) is 26.4 Å². The third-order valence-electron chi connectivity index (χ3n) is 3.19. The van der Waals surface area contributed by atoms with Crippen LogP contribution >= 0.6 is 11.3 Å². The summed E-state index contributed by atoms with van der Waals surface area (Å²) in [5.41, 5.74) is 1.62. The Morgan fingerprint density at radius 2 is 1.92 bits per heavy atom. The molecule has 0 aliphatic rings. The summed E-state index contributed by atoms with van der Waals surface area (Å²) in [6.07, 6.45) is 1.26. The van der Waals surface area contributed by atoms with Gasteiger partial charge in [0.15, 0.2) is 5.78 Å². The van der Waals surface area contributed by atoms with Gasteiger partial charge in [0.25, 0.3) is 0 Å². The van der Waals surface area contributed by atoms with Crippen molar-refractivity contribution in [2.45, 2.75) is 19.8 Å². The van der Waals surface area contributed by atoms with Crippen molar-refractivity contribution < 1.29 is 18.0 Å². The summed E-state index contributed by atoms with van der Waals surface area (Å²) in [5.74, 6) is -0.363. The Hall–Kier alpha value is -2.19. The lowest BCUT2D eigenvalue weighted by Gasteiger charge is -2.11. The van der Waals surface area contributed by atoms with Gasteiger partial charge in [0.1, 0.15) is 0 Å². The van der Waals surface area contributed by atoms with E-state index in [0.29, 0.717) is 16.3 Å². The summed E-state index contributed by atoms with van der Waals surface area (Å²) >= 11 is 1.35. The van der Waals surface area contributed by atoms with E-state index in [0.717, 1.165) is 11.8 Å². The molecule has 0 bridgehead atoms. The number of nitrogens with one attached hydrogen (secondary N) is 2. The summed E-state index contributed by atoms with van der Waals surface area (Å²) in [6.45, 7) is 1.76. The highest BCUT2D eigenvalue weighted by Gasteiger charge is 2.11. The van der Waals surface area contributed by atoms with E-state index in [9.17, 15) is 18.0 Å². The molecule has 0 radical (unpaired) electrons. The van der Waals surface area contributed by atoms with E-state index in [4.69, 9.17) is 0 Å². The minimum atomic E-state index is -3.40. The van der Waals surface area contributed by atoms with Crippen molar-refractivity contribution in [3.05, 3.63) is 46.2 Å². The average molecular weight is 366 g/mol. The third-order valence-corrected chi connectivity index (χ3v) is 4.69. The number of benzene rings is 1. The molecule has 1 aromatic heterocycles. The minimum absolute atomic E-state index is 0.0662. The van der Waals surface area contributed by atoms with Gasteiger partial charge in [0, 0.05) is 18.5 Å². The van der Waals surface area contributed by atoms with Crippen LogP contribution in [0.1, 0.15) is 28.1 Å². The van der Waals surface area contributed by atoms with E-state index in [1.54, 1.807) is 37.3 Å². The van der Waals surface area contributed by atoms with Crippen molar-refractivity contribution >= 4 is 44.4 Å². The molecule has 0 spiro atoms. The molecule has 0 fully saturated rings. The fourth-order valence-electron chi connectivity index (χ4n) is 2.02. The van der Waals surface area contributed by atoms with E-state index in [1.165, 1.54) is 11.3 Å². The fourth-order valence-corrected chi connectivity index (χ4v) is 3.33. The van der Waals surface area contributed by atoms with Gasteiger partial charge in [-0.1, -0.05) is 12.1 Å². The van der Waals surface area contributed by atoms with Gasteiger partial charge in [-0.2, -0.15) is 0 Å². The molecule has 128 valence electrons. The Labute approximate surface area is 145 Å². The second kappa shape index (κ2) is 7.59. The highest BCUT2D eigenvalue weighted by molar-refractivity contribution is 7.92. The van der Waals surface area contributed by atoms with Crippen molar-refractivity contribution in [3.8, 4) is 0 Å². The Morgan fingerprint density at radius 3 is 2.54 bits per heavy atom. The normalized spacial score (nSPS) is 11.1. The van der Waals surface area contributed by atoms with E-state index in [1.807, 2.05) is 5.38 Å². The van der Waals surface area contributed by atoms with Crippen molar-refractivity contribution in [1.29, 1.82) is 0 Å². The minimum Gasteiger partial charge on any atom is -0.326 e. The first-order valence-electron chi connectivity index (χ1n) is 7.19. The fraction of sp³-hybridized carbons (Fsp3) is 0.250. The van der Waals surface area contributed by atoms with Gasteiger partial charge >= 0.3 is 0 Å². The standard InChI is InChI=1S/C16H18N2O4S2/c1-11-5-6-12(10-13(11)18-24(2,21)22)17-16(20)8-7-14(19)15-4-3-9-23-15/h3-6,9-10,18H,7-8H2,1-2H3,(H,17,20). The Balaban J connectivity index is 1.96. The van der Waals surface area contributed by atoms with Crippen LogP contribution in [-0.2, 0) is 14.8 Å². The van der Waals surface area contributed by atoms with E-state index in [-0.39, 0.29) is 24.5 Å². The number of aryl methyl sites for hydroxylation is 1. The molecule has 0 saturated heterocycles. The van der Waals surface area contributed by atoms with Gasteiger partial charge in [-0.3, -0.25) is 14.3 Å². The molecular formula is C16H18N2O4S2. The molecule has 0 saturated carbocycles. The SMILES string of the molecule is Cc1ccc(NC(=O)CCC(=O)c2cccs2)cc1NS(C)(=O)=O. The summed E-state index contributed by atoms with van der Waals surface area (Å²) in [5, 5.41) is 4.49. The van der Waals surface area contributed by atoms with Crippen molar-refractivity contribution in [2.75, 3.05) is 16.3 Å². The average Bonchev–Trinajstić information content (AvgIpc) is 3.01. The molecule has 0 unspecified atom stereocenters. The Bertz CT molecular complexity index is 843. The molecule has 24 heavy (non-hydrogen) atoms. The highest BCUT2D eigenvalue weighted by atomic mass is 32.2. The smallest absolute Gasteiger partial charge is 0.229 e. The number of carbonyl (C=O) groups is 2. The molecular weight excluding hydrogens is 348 g/mol. The van der Waals surface area contributed by atoms with Crippen LogP contribution in [0.4, 0.5) is 11.4 Å². The summed E-state index contributed by atoms with van der Waals surface area (Å²) in [7, 11) is -3.40. The van der Waals surface area contributed by atoms with Crippen LogP contribution in [0.5, 0.6) is 0 Å². The lowest BCUT2D eigenvalue weighted by molar-refractivity contribution is -0.116. The van der Waals surface area contributed by atoms with E-state index >= 15 is 0 Å². The van der Waals surface area contributed by atoms with E-state index in [2.05, 4.69) is 10.0 Å². The molecule has 0 atom stereocenters. The maximum Gasteiger partial charge on any atom is 0.229 e. The van der Waals surface area contributed by atoms with Crippen molar-refractivity contribution in [1.82, 2.24) is 0 Å². The quantitative estimate of drug-likeness (QED) is 0.737. The van der Waals surface area contributed by atoms with Gasteiger partial charge in [-0.25, -0.2) is 8.42 Å². The predicted octanol–water partition coefficient (Wildman–Crippen LogP) is 3.03. The zero-order valence-corrected chi connectivity index (χ0v) is 15.0. The van der Waals surface area contributed by atoms with Crippen LogP contribution in [0.3, 0.4) is 0 Å². The summed E-state index contributed by atoms with van der Waals surface area (Å²) in [6, 6.07) is 8.46. The highest BCUT2D eigenvalue weighted by Crippen LogP contribution is 2.21. The first-order valence-corrected chi connectivity index (χ1v) is 9.97. The molecule has 1 heterocycles. The monoisotopic (exact) mass is 366 g/mol. The van der Waals surface area contributed by atoms with E-state index < -0.39 is 10.0 Å². The molecule has 6 nitrogen and oxygen atoms in total. The number of amides is 1. The van der Waals surface area contributed by atoms with Crippen molar-refractivity contribution in [3.63, 3.8) is 0 Å². The van der Waals surface area contributed by atoms with Gasteiger partial charge < -0.3 is 5.32 Å². The predicted molar refractivity (Wildman–Crippen MR) is 96.2 cm³/mol. The van der Waals surface area contributed by atoms with Gasteiger partial charge in [0.2, 0.25) is 15.9 Å². The summed E-state index contributed by atoms with van der Waals surface area (Å²) in [4.78, 5) is 24.5. The second-order valence-corrected chi connectivity index (χ2v) is 8.05. The van der Waals surface area contributed by atoms with Crippen LogP contribution in [0.2, 0.25) is 0 Å². The summed E-state index contributed by atoms with van der Waals surface area (Å²) < 4.78 is 25.1. The maximum atomic E-state index is 12.0. The number of anilines is 2. The number of carbonyl (C=O) groups excluding carboxylic acids is 2. The number of hydrogen-bond acceptors (Lipinski definition) is 5. The van der Waals surface area contributed by atoms with Crippen molar-refractivity contribution in [2.24, 2.45) is 0 Å². The first kappa shape index (κ1) is 18.2. The number of rotatable bonds is 7. The van der Waals surface area contributed by atoms with Crippen LogP contribution < -0.4 is 10.0 Å². The van der Waals surface area contributed by atoms with Gasteiger partial charge in [-0.05, 0) is 36.1 Å². The van der Waals surface area contributed by atoms with Crippen LogP contribution in [0.25, 0.3) is 0 Å². The number of sulfonamides is 1. The third kappa shape index (κ3) is 5.47. The molecule has 2 N–H and O–H groups in total. The molecule has 0 aliphatic carbocycles. The number of hydrogen-bond donors (Lipinski definition) is 2. The number of thiophene rings is 1. The van der Waals surface area contributed by atoms with Crippen LogP contribution in [0.15, 0.2) is 35.7 Å². The van der Waals surface area contributed by atoms with Crippen LogP contribution in [0, 0.1) is 6.92 Å². The zero-order valence-electron chi connectivity index (χ0n) is 13.3. The molecule has 1 amide bonds. The molecule has 2 rings (SSSR count). The molecule has 8 heteroatoms. The molecule has 2 aromatic rings. The first-order chi connectivity index (χ1) is 11.2. The Kier molecular flexibility index (Phi) is 5.74.